The predicted molar refractivity (Wildman–Crippen MR) is 212 cm³/mol. The fraction of sp³-hybridized carbons (Fsp3) is 0.262. The van der Waals surface area contributed by atoms with E-state index < -0.39 is 27.9 Å². The average molecular weight is 793 g/mol. The Labute approximate surface area is 327 Å². The maximum absolute atomic E-state index is 13.6. The highest BCUT2D eigenvalue weighted by Crippen LogP contribution is 2.42. The number of fused-ring (bicyclic) bond motifs is 3. The molecule has 0 unspecified atom stereocenters. The number of likely N-dealkylation sites (N-methyl/N-ethyl adjacent to an activating group) is 1. The lowest BCUT2D eigenvalue weighted by Crippen LogP contribution is -2.43. The number of carboxylic acid groups (broad SMARTS) is 1. The van der Waals surface area contributed by atoms with Gasteiger partial charge in [-0.05, 0) is 85.8 Å². The molecule has 294 valence electrons. The quantitative estimate of drug-likeness (QED) is 0.0678. The predicted octanol–water partition coefficient (Wildman–Crippen LogP) is 5.37. The lowest BCUT2D eigenvalue weighted by molar-refractivity contribution is -0.121. The second-order valence-electron chi connectivity index (χ2n) is 14.2. The molecule has 0 bridgehead atoms. The molecule has 3 aliphatic heterocycles. The highest BCUT2D eigenvalue weighted by molar-refractivity contribution is 7.89. The molecule has 1 aliphatic carbocycles. The van der Waals surface area contributed by atoms with Gasteiger partial charge >= 0.3 is 5.97 Å². The van der Waals surface area contributed by atoms with Gasteiger partial charge in [0.1, 0.15) is 17.1 Å². The number of sulfonamides is 1. The summed E-state index contributed by atoms with van der Waals surface area (Å²) in [5.41, 5.74) is 2.37. The molecular weight excluding hydrogens is 753 g/mol. The Kier molecular flexibility index (Phi) is 10.7. The van der Waals surface area contributed by atoms with Gasteiger partial charge in [0, 0.05) is 78.9 Å². The summed E-state index contributed by atoms with van der Waals surface area (Å²) in [6, 6.07) is 17.0. The number of aromatic hydroxyl groups is 1. The molecule has 0 radical (unpaired) electrons. The topological polar surface area (TPSA) is 204 Å². The molecule has 15 heteroatoms. The smallest absolute Gasteiger partial charge is 0.336 e. The second-order valence-corrected chi connectivity index (χ2v) is 16.1. The number of nitrogens with zero attached hydrogens (tertiary/aromatic N) is 2. The number of carbonyl (C=O) groups excluding carboxylic acids is 3. The standard InChI is InChI=1S/C42H40N4O10S/c1-24-40(50)34-22-29(12-16-35(34)45(24)2)57(54,55)46-18-6-7-26(46)23-44-38(49)8-4-3-5-17-43-41(51)25-9-13-30(33(19-25)42(52)53)39-31-14-10-27(47)20-36(31)56-37-21-28(48)11-15-32(37)39/h9-16,19-22,26,47H,1,3-8,17-18,23H2,2H3,(H,43,51)(H,44,49)(H,52,53)/t26-/m0/s1. The molecule has 2 amide bonds. The number of ketones is 1. The lowest BCUT2D eigenvalue weighted by Gasteiger charge is -2.24. The Bertz CT molecular complexity index is 2620. The number of carboxylic acids is 1. The molecule has 1 fully saturated rings. The molecule has 1 saturated heterocycles. The first-order valence-electron chi connectivity index (χ1n) is 18.5. The van der Waals surface area contributed by atoms with Gasteiger partial charge in [-0.3, -0.25) is 19.2 Å². The number of hydrogen-bond donors (Lipinski definition) is 4. The number of phenolic OH excluding ortho intramolecular Hbond substituents is 1. The summed E-state index contributed by atoms with van der Waals surface area (Å²) < 4.78 is 34.4. The second kappa shape index (κ2) is 15.7. The first kappa shape index (κ1) is 38.9. The molecule has 1 atom stereocenters. The van der Waals surface area contributed by atoms with Gasteiger partial charge in [0.15, 0.2) is 5.43 Å². The van der Waals surface area contributed by atoms with Crippen molar-refractivity contribution in [3.63, 3.8) is 0 Å². The van der Waals surface area contributed by atoms with E-state index in [4.69, 9.17) is 4.42 Å². The SMILES string of the molecule is C=C1C(=O)c2cc(S(=O)(=O)N3CCC[C@H]3CNC(=O)CCCCCNC(=O)c3ccc(-c4c5ccc(=O)cc-5oc5cc(O)ccc45)c(C(=O)O)c3)ccc2N1C. The van der Waals surface area contributed by atoms with Gasteiger partial charge in [0.05, 0.1) is 21.8 Å². The number of allylic oxidation sites excluding steroid dienone is 1. The van der Waals surface area contributed by atoms with E-state index in [2.05, 4.69) is 17.2 Å². The van der Waals surface area contributed by atoms with Gasteiger partial charge in [-0.2, -0.15) is 4.31 Å². The van der Waals surface area contributed by atoms with Gasteiger partial charge in [-0.15, -0.1) is 0 Å². The van der Waals surface area contributed by atoms with E-state index in [1.165, 1.54) is 58.9 Å². The first-order chi connectivity index (χ1) is 27.2. The molecule has 7 rings (SSSR count). The monoisotopic (exact) mass is 792 g/mol. The molecule has 14 nitrogen and oxygen atoms in total. The molecule has 0 saturated carbocycles. The van der Waals surface area contributed by atoms with Gasteiger partial charge in [0.25, 0.3) is 5.91 Å². The van der Waals surface area contributed by atoms with Crippen LogP contribution in [-0.2, 0) is 14.8 Å². The number of unbranched alkanes of at least 4 members (excludes halogenated alkanes) is 2. The zero-order valence-electron chi connectivity index (χ0n) is 31.0. The summed E-state index contributed by atoms with van der Waals surface area (Å²) in [4.78, 5) is 64.6. The van der Waals surface area contributed by atoms with Crippen LogP contribution in [0.1, 0.15) is 69.6 Å². The van der Waals surface area contributed by atoms with Gasteiger partial charge in [0.2, 0.25) is 21.7 Å². The minimum absolute atomic E-state index is 0.0249. The molecule has 0 aromatic heterocycles. The van der Waals surface area contributed by atoms with Gasteiger partial charge < -0.3 is 30.2 Å². The van der Waals surface area contributed by atoms with Crippen molar-refractivity contribution in [1.82, 2.24) is 14.9 Å². The fourth-order valence-electron chi connectivity index (χ4n) is 7.51. The molecule has 0 spiro atoms. The van der Waals surface area contributed by atoms with Crippen molar-refractivity contribution in [3.8, 4) is 28.2 Å². The first-order valence-corrected chi connectivity index (χ1v) is 19.9. The van der Waals surface area contributed by atoms with Crippen LogP contribution in [0, 0.1) is 0 Å². The molecule has 3 heterocycles. The summed E-state index contributed by atoms with van der Waals surface area (Å²) in [6.45, 7) is 4.52. The Hall–Kier alpha value is -6.32. The van der Waals surface area contributed by atoms with E-state index in [0.29, 0.717) is 72.0 Å². The molecule has 3 aromatic carbocycles. The van der Waals surface area contributed by atoms with Crippen LogP contribution < -0.4 is 21.0 Å². The number of carbonyl (C=O) groups is 4. The zero-order valence-corrected chi connectivity index (χ0v) is 31.9. The van der Waals surface area contributed by atoms with Crippen LogP contribution in [-0.4, -0.2) is 79.2 Å². The summed E-state index contributed by atoms with van der Waals surface area (Å²) in [7, 11) is -2.21. The van der Waals surface area contributed by atoms with E-state index >= 15 is 0 Å². The van der Waals surface area contributed by atoms with E-state index in [-0.39, 0.29) is 75.4 Å². The van der Waals surface area contributed by atoms with E-state index in [1.807, 2.05) is 0 Å². The minimum atomic E-state index is -3.91. The van der Waals surface area contributed by atoms with Crippen LogP contribution in [0.25, 0.3) is 33.4 Å². The Morgan fingerprint density at radius 2 is 1.70 bits per heavy atom. The Morgan fingerprint density at radius 3 is 2.49 bits per heavy atom. The normalized spacial score (nSPS) is 15.7. The van der Waals surface area contributed by atoms with Crippen molar-refractivity contribution < 1.29 is 42.2 Å². The number of nitrogens with one attached hydrogen (secondary N) is 2. The van der Waals surface area contributed by atoms with Crippen LogP contribution in [0.4, 0.5) is 5.69 Å². The van der Waals surface area contributed by atoms with Crippen molar-refractivity contribution in [3.05, 3.63) is 112 Å². The van der Waals surface area contributed by atoms with Crippen molar-refractivity contribution >= 4 is 50.2 Å². The fourth-order valence-corrected chi connectivity index (χ4v) is 9.23. The summed E-state index contributed by atoms with van der Waals surface area (Å²) in [5.74, 6) is -2.12. The van der Waals surface area contributed by atoms with Gasteiger partial charge in [-0.25, -0.2) is 13.2 Å². The van der Waals surface area contributed by atoms with Crippen LogP contribution in [0.2, 0.25) is 0 Å². The van der Waals surface area contributed by atoms with Crippen LogP contribution in [0.3, 0.4) is 0 Å². The highest BCUT2D eigenvalue weighted by Gasteiger charge is 2.37. The Morgan fingerprint density at radius 1 is 0.912 bits per heavy atom. The average Bonchev–Trinajstić information content (AvgIpc) is 3.76. The van der Waals surface area contributed by atoms with Crippen molar-refractivity contribution in [2.24, 2.45) is 0 Å². The van der Waals surface area contributed by atoms with Crippen LogP contribution in [0.15, 0.2) is 99.2 Å². The molecular formula is C42H40N4O10S. The maximum atomic E-state index is 13.6. The molecule has 57 heavy (non-hydrogen) atoms. The number of benzene rings is 4. The third-order valence-corrected chi connectivity index (χ3v) is 12.5. The third-order valence-electron chi connectivity index (χ3n) is 10.5. The Balaban J connectivity index is 0.909. The summed E-state index contributed by atoms with van der Waals surface area (Å²) >= 11 is 0. The molecule has 4 N–H and O–H groups in total. The number of hydrogen-bond acceptors (Lipinski definition) is 10. The largest absolute Gasteiger partial charge is 0.508 e. The van der Waals surface area contributed by atoms with Crippen molar-refractivity contribution in [2.45, 2.75) is 49.5 Å². The number of rotatable bonds is 13. The minimum Gasteiger partial charge on any atom is -0.508 e. The summed E-state index contributed by atoms with van der Waals surface area (Å²) in [5, 5.41) is 26.4. The number of aromatic carboxylic acids is 1. The van der Waals surface area contributed by atoms with Crippen LogP contribution in [0.5, 0.6) is 5.75 Å². The van der Waals surface area contributed by atoms with Crippen LogP contribution >= 0.6 is 0 Å². The van der Waals surface area contributed by atoms with E-state index in [9.17, 15) is 42.6 Å². The number of Topliss-reactive ketones (excluding diaryl/α,β-unsaturated/α-hetero) is 1. The zero-order chi connectivity index (χ0) is 40.6. The number of amides is 2. The van der Waals surface area contributed by atoms with E-state index in [1.54, 1.807) is 30.1 Å². The van der Waals surface area contributed by atoms with Crippen molar-refractivity contribution in [1.29, 1.82) is 0 Å². The van der Waals surface area contributed by atoms with E-state index in [0.717, 1.165) is 0 Å². The molecule has 3 aromatic rings. The third kappa shape index (κ3) is 7.63. The number of anilines is 1. The van der Waals surface area contributed by atoms with Crippen molar-refractivity contribution in [2.75, 3.05) is 31.6 Å². The maximum Gasteiger partial charge on any atom is 0.336 e. The van der Waals surface area contributed by atoms with Gasteiger partial charge in [-0.1, -0.05) is 19.1 Å². The summed E-state index contributed by atoms with van der Waals surface area (Å²) in [6.07, 6.45) is 3.16. The lowest BCUT2D eigenvalue weighted by atomic mass is 9.90. The molecule has 4 aliphatic rings. The number of phenols is 1. The highest BCUT2D eigenvalue weighted by atomic mass is 32.2.